The average Bonchev–Trinajstić information content (AvgIpc) is 2.79. The van der Waals surface area contributed by atoms with Crippen molar-refractivity contribution in [3.8, 4) is 17.1 Å². The maximum Gasteiger partial charge on any atom is 0.144 e. The first-order valence-corrected chi connectivity index (χ1v) is 6.56. The summed E-state index contributed by atoms with van der Waals surface area (Å²) in [5.41, 5.74) is 2.93. The summed E-state index contributed by atoms with van der Waals surface area (Å²) in [5, 5.41) is 10.2. The Balaban J connectivity index is 2.33. The maximum absolute atomic E-state index is 13.4. The van der Waals surface area contributed by atoms with Crippen LogP contribution in [0.15, 0.2) is 36.4 Å². The molecule has 1 N–H and O–H groups in total. The molecule has 3 aromatic rings. The van der Waals surface area contributed by atoms with Crippen molar-refractivity contribution in [1.29, 1.82) is 0 Å². The van der Waals surface area contributed by atoms with Crippen LogP contribution in [0.2, 0.25) is 0 Å². The first-order chi connectivity index (χ1) is 9.61. The molecule has 20 heavy (non-hydrogen) atoms. The van der Waals surface area contributed by atoms with E-state index in [0.717, 1.165) is 16.6 Å². The molecule has 3 rings (SSSR count). The number of aryl methyl sites for hydroxylation is 2. The van der Waals surface area contributed by atoms with E-state index in [9.17, 15) is 9.50 Å². The Morgan fingerprint density at radius 1 is 1.25 bits per heavy atom. The SMILES string of the molecule is CCn1c(-c2cccc(C)c2O)nc2ccc(F)cc21. The Bertz CT molecular complexity index is 793. The van der Waals surface area contributed by atoms with Gasteiger partial charge in [-0.2, -0.15) is 0 Å². The molecule has 0 amide bonds. The van der Waals surface area contributed by atoms with Crippen LogP contribution in [0.3, 0.4) is 0 Å². The molecule has 0 saturated carbocycles. The molecule has 0 atom stereocenters. The number of halogens is 1. The van der Waals surface area contributed by atoms with Gasteiger partial charge < -0.3 is 9.67 Å². The zero-order chi connectivity index (χ0) is 14.3. The summed E-state index contributed by atoms with van der Waals surface area (Å²) in [6, 6.07) is 10.1. The highest BCUT2D eigenvalue weighted by Gasteiger charge is 2.15. The van der Waals surface area contributed by atoms with Gasteiger partial charge in [-0.25, -0.2) is 9.37 Å². The third-order valence-corrected chi connectivity index (χ3v) is 3.51. The minimum absolute atomic E-state index is 0.220. The zero-order valence-electron chi connectivity index (χ0n) is 11.4. The van der Waals surface area contributed by atoms with Crippen molar-refractivity contribution >= 4 is 11.0 Å². The number of hydrogen-bond donors (Lipinski definition) is 1. The normalized spacial score (nSPS) is 11.2. The summed E-state index contributed by atoms with van der Waals surface area (Å²) in [4.78, 5) is 4.53. The fourth-order valence-electron chi connectivity index (χ4n) is 2.46. The van der Waals surface area contributed by atoms with Gasteiger partial charge in [0.2, 0.25) is 0 Å². The Labute approximate surface area is 116 Å². The second-order valence-corrected chi connectivity index (χ2v) is 4.78. The zero-order valence-corrected chi connectivity index (χ0v) is 11.4. The number of para-hydroxylation sites is 1. The minimum Gasteiger partial charge on any atom is -0.507 e. The van der Waals surface area contributed by atoms with E-state index >= 15 is 0 Å². The molecule has 0 aliphatic rings. The Kier molecular flexibility index (Phi) is 2.93. The fourth-order valence-corrected chi connectivity index (χ4v) is 2.46. The number of aromatic hydroxyl groups is 1. The molecular formula is C16H15FN2O. The lowest BCUT2D eigenvalue weighted by Gasteiger charge is -2.09. The molecule has 102 valence electrons. The molecule has 0 fully saturated rings. The van der Waals surface area contributed by atoms with Crippen LogP contribution in [-0.4, -0.2) is 14.7 Å². The lowest BCUT2D eigenvalue weighted by atomic mass is 10.1. The van der Waals surface area contributed by atoms with Crippen molar-refractivity contribution in [2.24, 2.45) is 0 Å². The number of hydrogen-bond acceptors (Lipinski definition) is 2. The van der Waals surface area contributed by atoms with E-state index in [1.807, 2.05) is 36.6 Å². The van der Waals surface area contributed by atoms with E-state index < -0.39 is 0 Å². The molecule has 0 unspecified atom stereocenters. The lowest BCUT2D eigenvalue weighted by molar-refractivity contribution is 0.472. The number of rotatable bonds is 2. The summed E-state index contributed by atoms with van der Waals surface area (Å²) in [5.74, 6) is 0.597. The number of fused-ring (bicyclic) bond motifs is 1. The monoisotopic (exact) mass is 270 g/mol. The summed E-state index contributed by atoms with van der Waals surface area (Å²) in [6.07, 6.45) is 0. The van der Waals surface area contributed by atoms with Gasteiger partial charge in [0.05, 0.1) is 16.6 Å². The van der Waals surface area contributed by atoms with Gasteiger partial charge in [0.25, 0.3) is 0 Å². The van der Waals surface area contributed by atoms with E-state index in [1.54, 1.807) is 6.07 Å². The van der Waals surface area contributed by atoms with Crippen molar-refractivity contribution in [3.05, 3.63) is 47.8 Å². The minimum atomic E-state index is -0.285. The van der Waals surface area contributed by atoms with E-state index in [4.69, 9.17) is 0 Å². The second-order valence-electron chi connectivity index (χ2n) is 4.78. The molecule has 0 aliphatic carbocycles. The molecule has 0 bridgehead atoms. The van der Waals surface area contributed by atoms with Crippen LogP contribution in [0.25, 0.3) is 22.4 Å². The van der Waals surface area contributed by atoms with Crippen LogP contribution < -0.4 is 0 Å². The number of nitrogens with zero attached hydrogens (tertiary/aromatic N) is 2. The van der Waals surface area contributed by atoms with Gasteiger partial charge in [-0.3, -0.25) is 0 Å². The van der Waals surface area contributed by atoms with Crippen molar-refractivity contribution in [2.75, 3.05) is 0 Å². The Morgan fingerprint density at radius 3 is 2.80 bits per heavy atom. The van der Waals surface area contributed by atoms with Crippen LogP contribution in [0.4, 0.5) is 4.39 Å². The van der Waals surface area contributed by atoms with E-state index in [-0.39, 0.29) is 11.6 Å². The molecule has 0 radical (unpaired) electrons. The van der Waals surface area contributed by atoms with E-state index in [1.165, 1.54) is 12.1 Å². The second kappa shape index (κ2) is 4.63. The van der Waals surface area contributed by atoms with Crippen molar-refractivity contribution in [3.63, 3.8) is 0 Å². The molecule has 2 aromatic carbocycles. The average molecular weight is 270 g/mol. The van der Waals surface area contributed by atoms with Crippen LogP contribution in [0.5, 0.6) is 5.75 Å². The molecule has 4 heteroatoms. The largest absolute Gasteiger partial charge is 0.507 e. The summed E-state index contributed by atoms with van der Waals surface area (Å²) < 4.78 is 15.3. The van der Waals surface area contributed by atoms with Crippen molar-refractivity contribution in [1.82, 2.24) is 9.55 Å². The molecule has 0 saturated heterocycles. The predicted octanol–water partition coefficient (Wildman–Crippen LogP) is 3.88. The lowest BCUT2D eigenvalue weighted by Crippen LogP contribution is -1.98. The van der Waals surface area contributed by atoms with Gasteiger partial charge in [0, 0.05) is 6.54 Å². The predicted molar refractivity (Wildman–Crippen MR) is 77.2 cm³/mol. The quantitative estimate of drug-likeness (QED) is 0.767. The third-order valence-electron chi connectivity index (χ3n) is 3.51. The number of aromatic nitrogens is 2. The van der Waals surface area contributed by atoms with Crippen molar-refractivity contribution < 1.29 is 9.50 Å². The van der Waals surface area contributed by atoms with Gasteiger partial charge in [0.15, 0.2) is 0 Å². The number of phenols is 1. The van der Waals surface area contributed by atoms with Crippen LogP contribution in [0.1, 0.15) is 12.5 Å². The standard InChI is InChI=1S/C16H15FN2O/c1-3-19-14-9-11(17)7-8-13(14)18-16(19)12-6-4-5-10(2)15(12)20/h4-9,20H,3H2,1-2H3. The van der Waals surface area contributed by atoms with E-state index in [0.29, 0.717) is 17.9 Å². The highest BCUT2D eigenvalue weighted by atomic mass is 19.1. The number of imidazole rings is 1. The van der Waals surface area contributed by atoms with Gasteiger partial charge in [-0.15, -0.1) is 0 Å². The molecule has 1 heterocycles. The highest BCUT2D eigenvalue weighted by molar-refractivity contribution is 5.82. The van der Waals surface area contributed by atoms with Gasteiger partial charge in [-0.1, -0.05) is 12.1 Å². The highest BCUT2D eigenvalue weighted by Crippen LogP contribution is 2.33. The fraction of sp³-hybridized carbons (Fsp3) is 0.188. The Morgan fingerprint density at radius 2 is 2.05 bits per heavy atom. The molecule has 1 aromatic heterocycles. The maximum atomic E-state index is 13.4. The number of phenolic OH excluding ortho intramolecular Hbond substituents is 1. The van der Waals surface area contributed by atoms with Crippen LogP contribution >= 0.6 is 0 Å². The molecular weight excluding hydrogens is 255 g/mol. The van der Waals surface area contributed by atoms with E-state index in [2.05, 4.69) is 4.98 Å². The first-order valence-electron chi connectivity index (χ1n) is 6.56. The molecule has 3 nitrogen and oxygen atoms in total. The summed E-state index contributed by atoms with van der Waals surface area (Å²) in [7, 11) is 0. The number of benzene rings is 2. The van der Waals surface area contributed by atoms with Crippen molar-refractivity contribution in [2.45, 2.75) is 20.4 Å². The van der Waals surface area contributed by atoms with Gasteiger partial charge in [0.1, 0.15) is 17.4 Å². The summed E-state index contributed by atoms with van der Waals surface area (Å²) in [6.45, 7) is 4.47. The molecule has 0 spiro atoms. The molecule has 0 aliphatic heterocycles. The first kappa shape index (κ1) is 12.7. The van der Waals surface area contributed by atoms with Crippen LogP contribution in [-0.2, 0) is 6.54 Å². The third kappa shape index (κ3) is 1.84. The van der Waals surface area contributed by atoms with Gasteiger partial charge in [-0.05, 0) is 43.7 Å². The van der Waals surface area contributed by atoms with Gasteiger partial charge >= 0.3 is 0 Å². The topological polar surface area (TPSA) is 38.0 Å². The Hall–Kier alpha value is -2.36. The summed E-state index contributed by atoms with van der Waals surface area (Å²) >= 11 is 0. The smallest absolute Gasteiger partial charge is 0.144 e. The van der Waals surface area contributed by atoms with Crippen LogP contribution in [0, 0.1) is 12.7 Å².